The molecule has 1 aromatic heterocycles. The number of rotatable bonds is 7. The van der Waals surface area contributed by atoms with Gasteiger partial charge in [0.1, 0.15) is 0 Å². The zero-order chi connectivity index (χ0) is 13.7. The van der Waals surface area contributed by atoms with Gasteiger partial charge in [0.25, 0.3) is 0 Å². The predicted octanol–water partition coefficient (Wildman–Crippen LogP) is 0.695. The van der Waals surface area contributed by atoms with Crippen LogP contribution < -0.4 is 0 Å². The summed E-state index contributed by atoms with van der Waals surface area (Å²) in [4.78, 5) is 2.12. The van der Waals surface area contributed by atoms with E-state index in [4.69, 9.17) is 5.11 Å². The van der Waals surface area contributed by atoms with Crippen molar-refractivity contribution in [3.05, 3.63) is 17.0 Å². The third kappa shape index (κ3) is 3.54. The fourth-order valence-electron chi connectivity index (χ4n) is 2.16. The highest BCUT2D eigenvalue weighted by Crippen LogP contribution is 2.15. The first-order valence-corrected chi connectivity index (χ1v) is 6.57. The van der Waals surface area contributed by atoms with Crippen molar-refractivity contribution in [2.75, 3.05) is 19.7 Å². The maximum atomic E-state index is 9.51. The van der Waals surface area contributed by atoms with Crippen molar-refractivity contribution in [2.24, 2.45) is 0 Å². The molecule has 1 atom stereocenters. The maximum Gasteiger partial charge on any atom is 0.0897 e. The minimum absolute atomic E-state index is 0.192. The van der Waals surface area contributed by atoms with E-state index in [1.807, 2.05) is 11.6 Å². The SMILES string of the molecule is CCN(Cc1c(C)nn(CC)c1C)C[C@H](O)CO. The van der Waals surface area contributed by atoms with E-state index < -0.39 is 6.10 Å². The third-order valence-electron chi connectivity index (χ3n) is 3.34. The molecular weight excluding hydrogens is 230 g/mol. The molecule has 0 saturated heterocycles. The lowest BCUT2D eigenvalue weighted by molar-refractivity contribution is 0.0583. The Morgan fingerprint density at radius 2 is 2.00 bits per heavy atom. The molecule has 0 radical (unpaired) electrons. The third-order valence-corrected chi connectivity index (χ3v) is 3.34. The summed E-state index contributed by atoms with van der Waals surface area (Å²) < 4.78 is 2.00. The molecule has 2 N–H and O–H groups in total. The first-order valence-electron chi connectivity index (χ1n) is 6.57. The molecule has 1 heterocycles. The second-order valence-corrected chi connectivity index (χ2v) is 4.63. The molecule has 18 heavy (non-hydrogen) atoms. The summed E-state index contributed by atoms with van der Waals surface area (Å²) in [6.07, 6.45) is -0.674. The largest absolute Gasteiger partial charge is 0.394 e. The molecule has 0 unspecified atom stereocenters. The summed E-state index contributed by atoms with van der Waals surface area (Å²) in [5.74, 6) is 0. The van der Waals surface area contributed by atoms with Crippen molar-refractivity contribution in [1.29, 1.82) is 0 Å². The first kappa shape index (κ1) is 15.1. The van der Waals surface area contributed by atoms with Crippen LogP contribution in [0.5, 0.6) is 0 Å². The monoisotopic (exact) mass is 255 g/mol. The second-order valence-electron chi connectivity index (χ2n) is 4.63. The van der Waals surface area contributed by atoms with Gasteiger partial charge >= 0.3 is 0 Å². The number of aliphatic hydroxyl groups excluding tert-OH is 2. The summed E-state index contributed by atoms with van der Waals surface area (Å²) in [6, 6.07) is 0. The van der Waals surface area contributed by atoms with Crippen LogP contribution in [0.3, 0.4) is 0 Å². The summed E-state index contributed by atoms with van der Waals surface area (Å²) in [7, 11) is 0. The minimum atomic E-state index is -0.674. The fourth-order valence-corrected chi connectivity index (χ4v) is 2.16. The number of likely N-dealkylation sites (N-methyl/N-ethyl adjacent to an activating group) is 1. The molecule has 0 fully saturated rings. The summed E-state index contributed by atoms with van der Waals surface area (Å²) in [6.45, 7) is 11.0. The Morgan fingerprint density at radius 3 is 2.44 bits per heavy atom. The topological polar surface area (TPSA) is 61.5 Å². The van der Waals surface area contributed by atoms with Gasteiger partial charge in [0.15, 0.2) is 0 Å². The molecule has 0 spiro atoms. The number of nitrogens with zero attached hydrogens (tertiary/aromatic N) is 3. The fraction of sp³-hybridized carbons (Fsp3) is 0.769. The van der Waals surface area contributed by atoms with Gasteiger partial charge in [-0.05, 0) is 27.3 Å². The molecule has 0 bridgehead atoms. The summed E-state index contributed by atoms with van der Waals surface area (Å²) >= 11 is 0. The van der Waals surface area contributed by atoms with Crippen LogP contribution in [0.4, 0.5) is 0 Å². The van der Waals surface area contributed by atoms with Gasteiger partial charge in [0.05, 0.1) is 18.4 Å². The Labute approximate surface area is 109 Å². The highest BCUT2D eigenvalue weighted by atomic mass is 16.3. The minimum Gasteiger partial charge on any atom is -0.394 e. The smallest absolute Gasteiger partial charge is 0.0897 e. The van der Waals surface area contributed by atoms with Crippen LogP contribution in [-0.2, 0) is 13.1 Å². The van der Waals surface area contributed by atoms with Crippen molar-refractivity contribution in [2.45, 2.75) is 46.9 Å². The van der Waals surface area contributed by atoms with E-state index >= 15 is 0 Å². The van der Waals surface area contributed by atoms with Crippen LogP contribution in [0, 0.1) is 13.8 Å². The van der Waals surface area contributed by atoms with Gasteiger partial charge < -0.3 is 10.2 Å². The highest BCUT2D eigenvalue weighted by molar-refractivity contribution is 5.24. The number of aliphatic hydroxyl groups is 2. The van der Waals surface area contributed by atoms with Crippen molar-refractivity contribution in [3.63, 3.8) is 0 Å². The van der Waals surface area contributed by atoms with E-state index in [1.54, 1.807) is 0 Å². The molecule has 0 aromatic carbocycles. The first-order chi connectivity index (χ1) is 8.53. The zero-order valence-electron chi connectivity index (χ0n) is 11.8. The molecule has 1 rings (SSSR count). The summed E-state index contributed by atoms with van der Waals surface area (Å²) in [5.41, 5.74) is 3.46. The normalized spacial score (nSPS) is 13.3. The molecule has 5 heteroatoms. The van der Waals surface area contributed by atoms with Crippen LogP contribution in [0.25, 0.3) is 0 Å². The molecule has 0 amide bonds. The lowest BCUT2D eigenvalue weighted by atomic mass is 10.1. The number of aromatic nitrogens is 2. The molecular formula is C13H25N3O2. The average Bonchev–Trinajstić information content (AvgIpc) is 2.64. The molecule has 5 nitrogen and oxygen atoms in total. The van der Waals surface area contributed by atoms with Crippen LogP contribution in [0.15, 0.2) is 0 Å². The van der Waals surface area contributed by atoms with E-state index in [0.29, 0.717) is 6.54 Å². The Kier molecular flexibility index (Phi) is 5.78. The second kappa shape index (κ2) is 6.87. The standard InChI is InChI=1S/C13H25N3O2/c1-5-15(7-12(18)9-17)8-13-10(3)14-16(6-2)11(13)4/h12,17-18H,5-9H2,1-4H3/t12-/m0/s1. The van der Waals surface area contributed by atoms with Crippen LogP contribution in [0.1, 0.15) is 30.8 Å². The quantitative estimate of drug-likeness (QED) is 0.753. The zero-order valence-corrected chi connectivity index (χ0v) is 11.8. The van der Waals surface area contributed by atoms with E-state index in [0.717, 1.165) is 25.3 Å². The average molecular weight is 255 g/mol. The molecule has 104 valence electrons. The number of hydrogen-bond acceptors (Lipinski definition) is 4. The maximum absolute atomic E-state index is 9.51. The molecule has 0 saturated carbocycles. The van der Waals surface area contributed by atoms with Gasteiger partial charge in [0.2, 0.25) is 0 Å². The van der Waals surface area contributed by atoms with E-state index in [1.165, 1.54) is 11.3 Å². The number of hydrogen-bond donors (Lipinski definition) is 2. The van der Waals surface area contributed by atoms with Crippen molar-refractivity contribution in [3.8, 4) is 0 Å². The van der Waals surface area contributed by atoms with E-state index in [2.05, 4.69) is 30.8 Å². The van der Waals surface area contributed by atoms with Gasteiger partial charge in [-0.2, -0.15) is 5.10 Å². The van der Waals surface area contributed by atoms with Crippen molar-refractivity contribution in [1.82, 2.24) is 14.7 Å². The molecule has 1 aromatic rings. The predicted molar refractivity (Wildman–Crippen MR) is 71.4 cm³/mol. The summed E-state index contributed by atoms with van der Waals surface area (Å²) in [5, 5.41) is 22.9. The van der Waals surface area contributed by atoms with Gasteiger partial charge in [-0.25, -0.2) is 0 Å². The number of aryl methyl sites for hydroxylation is 2. The van der Waals surface area contributed by atoms with Crippen molar-refractivity contribution >= 4 is 0 Å². The molecule has 0 aliphatic heterocycles. The lowest BCUT2D eigenvalue weighted by Gasteiger charge is -2.22. The Hall–Kier alpha value is -0.910. The lowest BCUT2D eigenvalue weighted by Crippen LogP contribution is -2.34. The Balaban J connectivity index is 2.78. The van der Waals surface area contributed by atoms with Gasteiger partial charge in [-0.15, -0.1) is 0 Å². The highest BCUT2D eigenvalue weighted by Gasteiger charge is 2.15. The molecule has 0 aliphatic rings. The van der Waals surface area contributed by atoms with Crippen LogP contribution in [-0.4, -0.2) is 50.7 Å². The van der Waals surface area contributed by atoms with Crippen LogP contribution >= 0.6 is 0 Å². The van der Waals surface area contributed by atoms with Gasteiger partial charge in [-0.3, -0.25) is 9.58 Å². The van der Waals surface area contributed by atoms with Crippen molar-refractivity contribution < 1.29 is 10.2 Å². The Bertz CT molecular complexity index is 377. The van der Waals surface area contributed by atoms with Crippen LogP contribution in [0.2, 0.25) is 0 Å². The molecule has 0 aliphatic carbocycles. The van der Waals surface area contributed by atoms with E-state index in [-0.39, 0.29) is 6.61 Å². The Morgan fingerprint density at radius 1 is 1.33 bits per heavy atom. The van der Waals surface area contributed by atoms with E-state index in [9.17, 15) is 5.11 Å². The van der Waals surface area contributed by atoms with Gasteiger partial charge in [0, 0.05) is 30.9 Å². The van der Waals surface area contributed by atoms with Gasteiger partial charge in [-0.1, -0.05) is 6.92 Å².